The standard InChI is InChI=1S/C17H24O3/c1-16(20,14-9-5-4-6-10-14)13-17(15(18)19)11-7-2-3-8-12-17/h4-6,9-10,20H,2-3,7-8,11-13H2,1H3,(H,18,19). The van der Waals surface area contributed by atoms with Gasteiger partial charge in [0.25, 0.3) is 0 Å². The van der Waals surface area contributed by atoms with Crippen molar-refractivity contribution in [3.63, 3.8) is 0 Å². The van der Waals surface area contributed by atoms with Crippen LogP contribution in [0, 0.1) is 5.41 Å². The molecule has 0 heterocycles. The Kier molecular flexibility index (Phi) is 4.48. The molecule has 0 radical (unpaired) electrons. The second-order valence-corrected chi connectivity index (χ2v) is 6.32. The molecule has 1 atom stereocenters. The molecule has 1 saturated carbocycles. The molecule has 1 aromatic carbocycles. The lowest BCUT2D eigenvalue weighted by atomic mass is 9.71. The van der Waals surface area contributed by atoms with Crippen molar-refractivity contribution in [3.05, 3.63) is 35.9 Å². The number of aliphatic hydroxyl groups is 1. The van der Waals surface area contributed by atoms with Crippen LogP contribution in [0.1, 0.15) is 57.4 Å². The monoisotopic (exact) mass is 276 g/mol. The van der Waals surface area contributed by atoms with Crippen LogP contribution in [-0.2, 0) is 10.4 Å². The largest absolute Gasteiger partial charge is 0.481 e. The summed E-state index contributed by atoms with van der Waals surface area (Å²) in [6.45, 7) is 1.73. The zero-order valence-corrected chi connectivity index (χ0v) is 12.1. The van der Waals surface area contributed by atoms with Crippen LogP contribution in [0.2, 0.25) is 0 Å². The average molecular weight is 276 g/mol. The van der Waals surface area contributed by atoms with Gasteiger partial charge in [0, 0.05) is 0 Å². The molecule has 0 amide bonds. The molecule has 3 nitrogen and oxygen atoms in total. The van der Waals surface area contributed by atoms with Gasteiger partial charge in [0.2, 0.25) is 0 Å². The number of hydrogen-bond donors (Lipinski definition) is 2. The van der Waals surface area contributed by atoms with Crippen molar-refractivity contribution in [1.29, 1.82) is 0 Å². The van der Waals surface area contributed by atoms with E-state index in [4.69, 9.17) is 0 Å². The van der Waals surface area contributed by atoms with Crippen molar-refractivity contribution < 1.29 is 15.0 Å². The lowest BCUT2D eigenvalue weighted by molar-refractivity contribution is -0.154. The van der Waals surface area contributed by atoms with Gasteiger partial charge in [-0.05, 0) is 31.7 Å². The lowest BCUT2D eigenvalue weighted by Gasteiger charge is -2.36. The van der Waals surface area contributed by atoms with Crippen LogP contribution in [0.3, 0.4) is 0 Å². The van der Waals surface area contributed by atoms with Gasteiger partial charge in [-0.1, -0.05) is 56.0 Å². The van der Waals surface area contributed by atoms with Gasteiger partial charge in [0.1, 0.15) is 0 Å². The third-order valence-corrected chi connectivity index (χ3v) is 4.59. The highest BCUT2D eigenvalue weighted by Crippen LogP contribution is 2.44. The molecular formula is C17H24O3. The first-order chi connectivity index (χ1) is 9.46. The maximum Gasteiger partial charge on any atom is 0.309 e. The molecule has 0 aromatic heterocycles. The molecule has 0 bridgehead atoms. The van der Waals surface area contributed by atoms with Crippen molar-refractivity contribution in [1.82, 2.24) is 0 Å². The molecule has 1 aliphatic carbocycles. The van der Waals surface area contributed by atoms with Crippen molar-refractivity contribution in [3.8, 4) is 0 Å². The van der Waals surface area contributed by atoms with Gasteiger partial charge in [-0.25, -0.2) is 0 Å². The van der Waals surface area contributed by atoms with E-state index in [2.05, 4.69) is 0 Å². The number of carbonyl (C=O) groups is 1. The fraction of sp³-hybridized carbons (Fsp3) is 0.588. The van der Waals surface area contributed by atoms with Gasteiger partial charge < -0.3 is 10.2 Å². The third kappa shape index (κ3) is 3.21. The lowest BCUT2D eigenvalue weighted by Crippen LogP contribution is -2.38. The van der Waals surface area contributed by atoms with Gasteiger partial charge in [0.15, 0.2) is 0 Å². The topological polar surface area (TPSA) is 57.5 Å². The number of carboxylic acid groups (broad SMARTS) is 1. The van der Waals surface area contributed by atoms with Crippen molar-refractivity contribution >= 4 is 5.97 Å². The van der Waals surface area contributed by atoms with Gasteiger partial charge in [-0.2, -0.15) is 0 Å². The normalized spacial score (nSPS) is 21.7. The highest BCUT2D eigenvalue weighted by Gasteiger charge is 2.44. The number of rotatable bonds is 4. The second kappa shape index (κ2) is 5.96. The highest BCUT2D eigenvalue weighted by molar-refractivity contribution is 5.74. The van der Waals surface area contributed by atoms with Crippen LogP contribution in [0.5, 0.6) is 0 Å². The maximum absolute atomic E-state index is 11.8. The summed E-state index contributed by atoms with van der Waals surface area (Å²) in [5.74, 6) is -0.754. The van der Waals surface area contributed by atoms with Crippen LogP contribution in [0.25, 0.3) is 0 Å². The summed E-state index contributed by atoms with van der Waals surface area (Å²) in [5.41, 5.74) is -1.08. The Morgan fingerprint density at radius 2 is 1.70 bits per heavy atom. The van der Waals surface area contributed by atoms with E-state index in [1.54, 1.807) is 6.92 Å². The van der Waals surface area contributed by atoms with Crippen LogP contribution in [0.15, 0.2) is 30.3 Å². The van der Waals surface area contributed by atoms with E-state index in [-0.39, 0.29) is 0 Å². The molecule has 2 rings (SSSR count). The third-order valence-electron chi connectivity index (χ3n) is 4.59. The number of aliphatic carboxylic acids is 1. The first kappa shape index (κ1) is 15.0. The molecule has 1 aliphatic rings. The number of carboxylic acids is 1. The molecule has 20 heavy (non-hydrogen) atoms. The molecule has 0 aliphatic heterocycles. The molecule has 3 heteroatoms. The zero-order valence-electron chi connectivity index (χ0n) is 12.1. The van der Waals surface area contributed by atoms with Gasteiger partial charge in [-0.15, -0.1) is 0 Å². The summed E-state index contributed by atoms with van der Waals surface area (Å²) in [5, 5.41) is 20.5. The molecule has 1 aromatic rings. The molecular weight excluding hydrogens is 252 g/mol. The molecule has 1 unspecified atom stereocenters. The average Bonchev–Trinajstić information content (AvgIpc) is 2.66. The molecule has 0 spiro atoms. The number of benzene rings is 1. The minimum atomic E-state index is -1.09. The van der Waals surface area contributed by atoms with Crippen molar-refractivity contribution in [2.24, 2.45) is 5.41 Å². The quantitative estimate of drug-likeness (QED) is 0.824. The molecule has 110 valence electrons. The Hall–Kier alpha value is -1.35. The van der Waals surface area contributed by atoms with E-state index in [1.807, 2.05) is 30.3 Å². The fourth-order valence-corrected chi connectivity index (χ4v) is 3.43. The maximum atomic E-state index is 11.8. The van der Waals surface area contributed by atoms with E-state index >= 15 is 0 Å². The van der Waals surface area contributed by atoms with Crippen LogP contribution in [0.4, 0.5) is 0 Å². The number of hydrogen-bond acceptors (Lipinski definition) is 2. The zero-order chi connectivity index (χ0) is 14.6. The molecule has 1 fully saturated rings. The Balaban J connectivity index is 2.25. The first-order valence-electron chi connectivity index (χ1n) is 7.48. The van der Waals surface area contributed by atoms with E-state index in [0.717, 1.165) is 31.2 Å². The van der Waals surface area contributed by atoms with E-state index in [0.29, 0.717) is 19.3 Å². The minimum Gasteiger partial charge on any atom is -0.481 e. The van der Waals surface area contributed by atoms with Crippen molar-refractivity contribution in [2.75, 3.05) is 0 Å². The minimum absolute atomic E-state index is 0.291. The molecule has 2 N–H and O–H groups in total. The van der Waals surface area contributed by atoms with Crippen molar-refractivity contribution in [2.45, 2.75) is 57.5 Å². The summed E-state index contributed by atoms with van der Waals surface area (Å²) in [7, 11) is 0. The van der Waals surface area contributed by atoms with Crippen LogP contribution < -0.4 is 0 Å². The summed E-state index contributed by atoms with van der Waals surface area (Å²) < 4.78 is 0. The smallest absolute Gasteiger partial charge is 0.309 e. The summed E-state index contributed by atoms with van der Waals surface area (Å²) in [4.78, 5) is 11.8. The van der Waals surface area contributed by atoms with Crippen LogP contribution in [-0.4, -0.2) is 16.2 Å². The summed E-state index contributed by atoms with van der Waals surface area (Å²) in [6, 6.07) is 9.39. The van der Waals surface area contributed by atoms with Gasteiger partial charge >= 0.3 is 5.97 Å². The Bertz CT molecular complexity index is 443. The Labute approximate surface area is 120 Å². The predicted molar refractivity (Wildman–Crippen MR) is 78.4 cm³/mol. The Morgan fingerprint density at radius 3 is 2.20 bits per heavy atom. The molecule has 0 saturated heterocycles. The van der Waals surface area contributed by atoms with Gasteiger partial charge in [0.05, 0.1) is 11.0 Å². The Morgan fingerprint density at radius 1 is 1.15 bits per heavy atom. The van der Waals surface area contributed by atoms with Gasteiger partial charge in [-0.3, -0.25) is 4.79 Å². The predicted octanol–water partition coefficient (Wildman–Crippen LogP) is 3.71. The summed E-state index contributed by atoms with van der Waals surface area (Å²) >= 11 is 0. The SMILES string of the molecule is CC(O)(CC1(C(=O)O)CCCCCC1)c1ccccc1. The van der Waals surface area contributed by atoms with Crippen LogP contribution >= 0.6 is 0 Å². The van der Waals surface area contributed by atoms with E-state index in [1.165, 1.54) is 0 Å². The summed E-state index contributed by atoms with van der Waals surface area (Å²) in [6.07, 6.45) is 5.72. The van der Waals surface area contributed by atoms with E-state index in [9.17, 15) is 15.0 Å². The van der Waals surface area contributed by atoms with E-state index < -0.39 is 17.0 Å². The first-order valence-corrected chi connectivity index (χ1v) is 7.48. The second-order valence-electron chi connectivity index (χ2n) is 6.32. The highest BCUT2D eigenvalue weighted by atomic mass is 16.4. The fourth-order valence-electron chi connectivity index (χ4n) is 3.43.